The molecule has 0 saturated heterocycles. The van der Waals surface area contributed by atoms with E-state index in [0.717, 1.165) is 14.2 Å². The first-order valence-electron chi connectivity index (χ1n) is 2.88. The lowest BCUT2D eigenvalue weighted by atomic mass is 10.2. The van der Waals surface area contributed by atoms with Crippen LogP contribution in [0, 0.1) is 3.57 Å². The van der Waals surface area contributed by atoms with E-state index in [4.69, 9.17) is 17.3 Å². The van der Waals surface area contributed by atoms with Crippen molar-refractivity contribution in [2.45, 2.75) is 6.54 Å². The average molecular weight is 267 g/mol. The zero-order chi connectivity index (χ0) is 7.56. The highest BCUT2D eigenvalue weighted by Gasteiger charge is 2.00. The molecule has 10 heavy (non-hydrogen) atoms. The van der Waals surface area contributed by atoms with Gasteiger partial charge in [0.1, 0.15) is 0 Å². The summed E-state index contributed by atoms with van der Waals surface area (Å²) >= 11 is 8.07. The summed E-state index contributed by atoms with van der Waals surface area (Å²) in [5.74, 6) is 0. The molecule has 0 fully saturated rings. The number of hydrogen-bond acceptors (Lipinski definition) is 1. The van der Waals surface area contributed by atoms with Crippen LogP contribution in [0.2, 0.25) is 5.02 Å². The fourth-order valence-corrected chi connectivity index (χ4v) is 1.86. The molecule has 0 heterocycles. The Morgan fingerprint density at radius 1 is 1.50 bits per heavy atom. The predicted molar refractivity (Wildman–Crippen MR) is 52.1 cm³/mol. The second-order valence-corrected chi connectivity index (χ2v) is 3.47. The summed E-state index contributed by atoms with van der Waals surface area (Å²) in [7, 11) is 0. The van der Waals surface area contributed by atoms with Crippen LogP contribution in [0.4, 0.5) is 0 Å². The fraction of sp³-hybridized carbons (Fsp3) is 0.143. The van der Waals surface area contributed by atoms with E-state index in [1.807, 2.05) is 18.2 Å². The molecular weight excluding hydrogens is 260 g/mol. The van der Waals surface area contributed by atoms with Gasteiger partial charge in [0.25, 0.3) is 0 Å². The molecule has 0 amide bonds. The van der Waals surface area contributed by atoms with Gasteiger partial charge in [0.15, 0.2) is 0 Å². The van der Waals surface area contributed by atoms with Crippen LogP contribution in [-0.2, 0) is 6.54 Å². The van der Waals surface area contributed by atoms with Crippen molar-refractivity contribution in [3.05, 3.63) is 32.4 Å². The Morgan fingerprint density at radius 3 is 2.60 bits per heavy atom. The van der Waals surface area contributed by atoms with E-state index in [0.29, 0.717) is 6.54 Å². The normalized spacial score (nSPS) is 9.90. The van der Waals surface area contributed by atoms with Crippen LogP contribution in [0.25, 0.3) is 0 Å². The maximum absolute atomic E-state index is 5.84. The van der Waals surface area contributed by atoms with E-state index in [-0.39, 0.29) is 0 Å². The summed E-state index contributed by atoms with van der Waals surface area (Å²) in [5, 5.41) is 0.759. The lowest BCUT2D eigenvalue weighted by Crippen LogP contribution is -1.99. The fourth-order valence-electron chi connectivity index (χ4n) is 0.727. The molecule has 2 N–H and O–H groups in total. The molecule has 0 unspecified atom stereocenters. The van der Waals surface area contributed by atoms with Crippen molar-refractivity contribution in [2.75, 3.05) is 0 Å². The third-order valence-corrected chi connectivity index (χ3v) is 2.63. The number of rotatable bonds is 1. The third-order valence-electron chi connectivity index (χ3n) is 1.27. The van der Waals surface area contributed by atoms with Gasteiger partial charge in [-0.1, -0.05) is 17.7 Å². The molecule has 0 aliphatic carbocycles. The Kier molecular flexibility index (Phi) is 2.95. The van der Waals surface area contributed by atoms with E-state index < -0.39 is 0 Å². The highest BCUT2D eigenvalue weighted by atomic mass is 127. The minimum atomic E-state index is 0.512. The van der Waals surface area contributed by atoms with Crippen LogP contribution in [-0.4, -0.2) is 0 Å². The maximum Gasteiger partial charge on any atom is 0.0461 e. The van der Waals surface area contributed by atoms with Crippen LogP contribution in [0.3, 0.4) is 0 Å². The number of benzene rings is 1. The van der Waals surface area contributed by atoms with Crippen molar-refractivity contribution in [2.24, 2.45) is 5.73 Å². The van der Waals surface area contributed by atoms with Gasteiger partial charge in [-0.2, -0.15) is 0 Å². The average Bonchev–Trinajstić information content (AvgIpc) is 1.88. The molecule has 0 aliphatic rings. The number of halogens is 2. The second-order valence-electron chi connectivity index (χ2n) is 1.90. The van der Waals surface area contributed by atoms with E-state index in [1.54, 1.807) is 0 Å². The lowest BCUT2D eigenvalue weighted by Gasteiger charge is -2.01. The molecular formula is C7H7ClIN. The molecule has 0 aliphatic heterocycles. The Balaban J connectivity index is 3.17. The second kappa shape index (κ2) is 3.55. The molecule has 1 nitrogen and oxygen atoms in total. The highest BCUT2D eigenvalue weighted by Crippen LogP contribution is 2.20. The van der Waals surface area contributed by atoms with Crippen LogP contribution in [0.5, 0.6) is 0 Å². The number of hydrogen-bond donors (Lipinski definition) is 1. The molecule has 0 spiro atoms. The first-order valence-corrected chi connectivity index (χ1v) is 4.34. The van der Waals surface area contributed by atoms with Gasteiger partial charge in [0.05, 0.1) is 0 Å². The standard InChI is InChI=1S/C7H7ClIN/c8-6-2-1-3-7(9)5(6)4-10/h1-3H,4,10H2. The first-order chi connectivity index (χ1) is 4.75. The van der Waals surface area contributed by atoms with Crippen molar-refractivity contribution in [3.63, 3.8) is 0 Å². The minimum Gasteiger partial charge on any atom is -0.326 e. The summed E-state index contributed by atoms with van der Waals surface area (Å²) in [5.41, 5.74) is 6.49. The summed E-state index contributed by atoms with van der Waals surface area (Å²) in [6.45, 7) is 0.512. The zero-order valence-electron chi connectivity index (χ0n) is 5.27. The first kappa shape index (κ1) is 8.30. The quantitative estimate of drug-likeness (QED) is 0.777. The molecule has 1 aromatic carbocycles. The Hall–Kier alpha value is 0.200. The van der Waals surface area contributed by atoms with Gasteiger partial charge in [-0.3, -0.25) is 0 Å². The summed E-state index contributed by atoms with van der Waals surface area (Å²) in [6.07, 6.45) is 0. The predicted octanol–water partition coefficient (Wildman–Crippen LogP) is 2.40. The van der Waals surface area contributed by atoms with Gasteiger partial charge >= 0.3 is 0 Å². The van der Waals surface area contributed by atoms with Gasteiger partial charge in [0.2, 0.25) is 0 Å². The molecule has 1 aromatic rings. The summed E-state index contributed by atoms with van der Waals surface area (Å²) in [4.78, 5) is 0. The zero-order valence-corrected chi connectivity index (χ0v) is 8.19. The van der Waals surface area contributed by atoms with Gasteiger partial charge < -0.3 is 5.73 Å². The summed E-state index contributed by atoms with van der Waals surface area (Å²) in [6, 6.07) is 5.77. The molecule has 3 heteroatoms. The molecule has 0 atom stereocenters. The van der Waals surface area contributed by atoms with Crippen LogP contribution in [0.15, 0.2) is 18.2 Å². The largest absolute Gasteiger partial charge is 0.326 e. The lowest BCUT2D eigenvalue weighted by molar-refractivity contribution is 1.06. The van der Waals surface area contributed by atoms with E-state index in [2.05, 4.69) is 22.6 Å². The van der Waals surface area contributed by atoms with E-state index in [9.17, 15) is 0 Å². The molecule has 54 valence electrons. The Bertz CT molecular complexity index is 217. The van der Waals surface area contributed by atoms with Gasteiger partial charge in [-0.05, 0) is 40.3 Å². The Morgan fingerprint density at radius 2 is 2.20 bits per heavy atom. The monoisotopic (exact) mass is 267 g/mol. The molecule has 0 bridgehead atoms. The van der Waals surface area contributed by atoms with Crippen LogP contribution < -0.4 is 5.73 Å². The SMILES string of the molecule is NCc1c(Cl)cccc1I. The topological polar surface area (TPSA) is 26.0 Å². The number of nitrogens with two attached hydrogens (primary N) is 1. The van der Waals surface area contributed by atoms with Crippen LogP contribution in [0.1, 0.15) is 5.56 Å². The van der Waals surface area contributed by atoms with E-state index >= 15 is 0 Å². The van der Waals surface area contributed by atoms with Crippen LogP contribution >= 0.6 is 34.2 Å². The van der Waals surface area contributed by atoms with Gasteiger partial charge in [-0.15, -0.1) is 0 Å². The van der Waals surface area contributed by atoms with Crippen molar-refractivity contribution >= 4 is 34.2 Å². The van der Waals surface area contributed by atoms with E-state index in [1.165, 1.54) is 0 Å². The molecule has 0 radical (unpaired) electrons. The summed E-state index contributed by atoms with van der Waals surface area (Å²) < 4.78 is 1.13. The van der Waals surface area contributed by atoms with Crippen molar-refractivity contribution < 1.29 is 0 Å². The maximum atomic E-state index is 5.84. The molecule has 0 aromatic heterocycles. The highest BCUT2D eigenvalue weighted by molar-refractivity contribution is 14.1. The van der Waals surface area contributed by atoms with Crippen molar-refractivity contribution in [1.82, 2.24) is 0 Å². The van der Waals surface area contributed by atoms with Gasteiger partial charge in [-0.25, -0.2) is 0 Å². The Labute approximate surface area is 78.7 Å². The van der Waals surface area contributed by atoms with Gasteiger partial charge in [0, 0.05) is 15.1 Å². The molecule has 0 saturated carbocycles. The minimum absolute atomic E-state index is 0.512. The molecule has 1 rings (SSSR count). The smallest absolute Gasteiger partial charge is 0.0461 e. The third kappa shape index (κ3) is 1.62. The van der Waals surface area contributed by atoms with Crippen molar-refractivity contribution in [3.8, 4) is 0 Å². The van der Waals surface area contributed by atoms with Crippen molar-refractivity contribution in [1.29, 1.82) is 0 Å².